The Morgan fingerprint density at radius 1 is 1.12 bits per heavy atom. The highest BCUT2D eigenvalue weighted by molar-refractivity contribution is 7.09. The molecule has 136 valence electrons. The molecule has 1 aliphatic rings. The molecule has 1 N–H and O–H groups in total. The molecular formula is C19H20Cl2N4S. The molecule has 1 fully saturated rings. The second kappa shape index (κ2) is 8.01. The van der Waals surface area contributed by atoms with Crippen LogP contribution in [-0.4, -0.2) is 28.0 Å². The summed E-state index contributed by atoms with van der Waals surface area (Å²) in [6.45, 7) is 3.89. The molecule has 0 atom stereocenters. The standard InChI is InChI=1S/C19H19ClN4S.ClH/c1-13-23-16(12-25-13)18-22-9-6-17(24-18)19(7-10-21-11-8-19)14-4-2-3-5-15(14)20;/h2-6,9,12,21H,7-8,10-11H2,1H3;1H. The summed E-state index contributed by atoms with van der Waals surface area (Å²) in [6.07, 6.45) is 3.76. The van der Waals surface area contributed by atoms with Crippen molar-refractivity contribution in [3.63, 3.8) is 0 Å². The fourth-order valence-corrected chi connectivity index (χ4v) is 4.49. The first kappa shape index (κ1) is 19.2. The van der Waals surface area contributed by atoms with Crippen LogP contribution in [0.1, 0.15) is 29.1 Å². The first-order valence-corrected chi connectivity index (χ1v) is 9.66. The Balaban J connectivity index is 0.00000196. The first-order valence-electron chi connectivity index (χ1n) is 8.41. The molecule has 3 aromatic rings. The van der Waals surface area contributed by atoms with E-state index in [-0.39, 0.29) is 17.8 Å². The number of nitrogens with one attached hydrogen (secondary N) is 1. The predicted molar refractivity (Wildman–Crippen MR) is 109 cm³/mol. The minimum absolute atomic E-state index is 0. The summed E-state index contributed by atoms with van der Waals surface area (Å²) in [5.74, 6) is 0.687. The monoisotopic (exact) mass is 406 g/mol. The number of halogens is 2. The maximum Gasteiger partial charge on any atom is 0.179 e. The van der Waals surface area contributed by atoms with Crippen LogP contribution in [0.4, 0.5) is 0 Å². The zero-order valence-corrected chi connectivity index (χ0v) is 16.8. The zero-order valence-electron chi connectivity index (χ0n) is 14.4. The minimum Gasteiger partial charge on any atom is -0.317 e. The second-order valence-corrected chi connectivity index (χ2v) is 7.80. The molecule has 2 aromatic heterocycles. The molecule has 3 heterocycles. The van der Waals surface area contributed by atoms with Crippen LogP contribution in [0.15, 0.2) is 41.9 Å². The molecule has 1 aliphatic heterocycles. The zero-order chi connectivity index (χ0) is 17.3. The number of aromatic nitrogens is 3. The van der Waals surface area contributed by atoms with Gasteiger partial charge in [0.05, 0.1) is 10.7 Å². The Labute approximate surface area is 168 Å². The van der Waals surface area contributed by atoms with Crippen molar-refractivity contribution in [2.24, 2.45) is 0 Å². The number of aryl methyl sites for hydroxylation is 1. The third kappa shape index (κ3) is 3.49. The van der Waals surface area contributed by atoms with E-state index in [0.717, 1.165) is 52.9 Å². The van der Waals surface area contributed by atoms with Crippen molar-refractivity contribution in [3.8, 4) is 11.5 Å². The highest BCUT2D eigenvalue weighted by atomic mass is 35.5. The van der Waals surface area contributed by atoms with E-state index >= 15 is 0 Å². The lowest BCUT2D eigenvalue weighted by Crippen LogP contribution is -2.41. The lowest BCUT2D eigenvalue weighted by Gasteiger charge is -2.38. The van der Waals surface area contributed by atoms with Crippen molar-refractivity contribution in [2.75, 3.05) is 13.1 Å². The molecule has 0 bridgehead atoms. The van der Waals surface area contributed by atoms with Gasteiger partial charge < -0.3 is 5.32 Å². The average Bonchev–Trinajstić information content (AvgIpc) is 3.09. The number of piperidine rings is 1. The van der Waals surface area contributed by atoms with Crippen LogP contribution in [0.2, 0.25) is 5.02 Å². The lowest BCUT2D eigenvalue weighted by atomic mass is 9.70. The molecule has 0 saturated carbocycles. The van der Waals surface area contributed by atoms with Gasteiger partial charge in [-0.1, -0.05) is 29.8 Å². The number of hydrogen-bond donors (Lipinski definition) is 1. The molecule has 1 aromatic carbocycles. The van der Waals surface area contributed by atoms with E-state index in [1.54, 1.807) is 11.3 Å². The smallest absolute Gasteiger partial charge is 0.179 e. The Morgan fingerprint density at radius 2 is 1.88 bits per heavy atom. The van der Waals surface area contributed by atoms with Gasteiger partial charge in [-0.2, -0.15) is 0 Å². The topological polar surface area (TPSA) is 50.7 Å². The lowest BCUT2D eigenvalue weighted by molar-refractivity contribution is 0.354. The van der Waals surface area contributed by atoms with Crippen molar-refractivity contribution in [1.82, 2.24) is 20.3 Å². The van der Waals surface area contributed by atoms with Gasteiger partial charge in [-0.25, -0.2) is 15.0 Å². The van der Waals surface area contributed by atoms with Crippen LogP contribution in [0.3, 0.4) is 0 Å². The van der Waals surface area contributed by atoms with Crippen molar-refractivity contribution < 1.29 is 0 Å². The summed E-state index contributed by atoms with van der Waals surface area (Å²) in [5, 5.41) is 7.28. The number of rotatable bonds is 3. The number of benzene rings is 1. The minimum atomic E-state index is -0.188. The molecule has 4 nitrogen and oxygen atoms in total. The molecule has 0 aliphatic carbocycles. The van der Waals surface area contributed by atoms with Gasteiger partial charge >= 0.3 is 0 Å². The van der Waals surface area contributed by atoms with Gasteiger partial charge in [0, 0.05) is 22.0 Å². The second-order valence-electron chi connectivity index (χ2n) is 6.33. The number of nitrogens with zero attached hydrogens (tertiary/aromatic N) is 3. The van der Waals surface area contributed by atoms with Gasteiger partial charge in [0.2, 0.25) is 0 Å². The maximum atomic E-state index is 6.58. The van der Waals surface area contributed by atoms with Crippen LogP contribution in [0.5, 0.6) is 0 Å². The largest absolute Gasteiger partial charge is 0.317 e. The maximum absolute atomic E-state index is 6.58. The number of hydrogen-bond acceptors (Lipinski definition) is 5. The molecule has 4 rings (SSSR count). The van der Waals surface area contributed by atoms with Crippen LogP contribution in [-0.2, 0) is 5.41 Å². The highest BCUT2D eigenvalue weighted by Crippen LogP contribution is 2.42. The SMILES string of the molecule is Cc1nc(-c2nccc(C3(c4ccccc4Cl)CCNCC3)n2)cs1.Cl. The van der Waals surface area contributed by atoms with Gasteiger partial charge in [-0.05, 0) is 50.6 Å². The van der Waals surface area contributed by atoms with Crippen molar-refractivity contribution in [2.45, 2.75) is 25.2 Å². The summed E-state index contributed by atoms with van der Waals surface area (Å²) in [4.78, 5) is 13.9. The van der Waals surface area contributed by atoms with E-state index in [0.29, 0.717) is 5.82 Å². The summed E-state index contributed by atoms with van der Waals surface area (Å²) < 4.78 is 0. The number of thiazole rings is 1. The van der Waals surface area contributed by atoms with E-state index < -0.39 is 0 Å². The van der Waals surface area contributed by atoms with E-state index in [2.05, 4.69) is 27.4 Å². The van der Waals surface area contributed by atoms with E-state index in [4.69, 9.17) is 16.6 Å². The van der Waals surface area contributed by atoms with Gasteiger partial charge in [-0.15, -0.1) is 23.7 Å². The molecule has 0 radical (unpaired) electrons. The summed E-state index contributed by atoms with van der Waals surface area (Å²) in [6, 6.07) is 10.1. The molecule has 0 amide bonds. The van der Waals surface area contributed by atoms with E-state index in [1.807, 2.05) is 36.7 Å². The molecule has 0 unspecified atom stereocenters. The fraction of sp³-hybridized carbons (Fsp3) is 0.316. The summed E-state index contributed by atoms with van der Waals surface area (Å²) >= 11 is 8.20. The summed E-state index contributed by atoms with van der Waals surface area (Å²) in [5.41, 5.74) is 2.83. The van der Waals surface area contributed by atoms with Gasteiger partial charge in [-0.3, -0.25) is 0 Å². The normalized spacial score (nSPS) is 16.1. The van der Waals surface area contributed by atoms with Gasteiger partial charge in [0.25, 0.3) is 0 Å². The van der Waals surface area contributed by atoms with Gasteiger partial charge in [0.1, 0.15) is 5.69 Å². The molecule has 1 saturated heterocycles. The fourth-order valence-electron chi connectivity index (χ4n) is 3.58. The quantitative estimate of drug-likeness (QED) is 0.687. The Morgan fingerprint density at radius 3 is 2.58 bits per heavy atom. The Bertz CT molecular complexity index is 891. The van der Waals surface area contributed by atoms with E-state index in [1.165, 1.54) is 0 Å². The van der Waals surface area contributed by atoms with Crippen molar-refractivity contribution in [1.29, 1.82) is 0 Å². The Kier molecular flexibility index (Phi) is 5.92. The third-order valence-electron chi connectivity index (χ3n) is 4.84. The average molecular weight is 407 g/mol. The molecule has 7 heteroatoms. The van der Waals surface area contributed by atoms with Crippen molar-refractivity contribution >= 4 is 35.3 Å². The van der Waals surface area contributed by atoms with Gasteiger partial charge in [0.15, 0.2) is 5.82 Å². The molecule has 0 spiro atoms. The first-order chi connectivity index (χ1) is 12.2. The van der Waals surface area contributed by atoms with Crippen LogP contribution >= 0.6 is 35.3 Å². The van der Waals surface area contributed by atoms with E-state index in [9.17, 15) is 0 Å². The van der Waals surface area contributed by atoms with Crippen molar-refractivity contribution in [3.05, 3.63) is 63.2 Å². The van der Waals surface area contributed by atoms with Crippen LogP contribution < -0.4 is 5.32 Å². The van der Waals surface area contributed by atoms with Crippen LogP contribution in [0.25, 0.3) is 11.5 Å². The molecule has 26 heavy (non-hydrogen) atoms. The predicted octanol–water partition coefficient (Wildman–Crippen LogP) is 4.65. The summed E-state index contributed by atoms with van der Waals surface area (Å²) in [7, 11) is 0. The third-order valence-corrected chi connectivity index (χ3v) is 5.94. The molecular weight excluding hydrogens is 387 g/mol. The highest BCUT2D eigenvalue weighted by Gasteiger charge is 2.38. The van der Waals surface area contributed by atoms with Crippen LogP contribution in [0, 0.1) is 6.92 Å². The Hall–Kier alpha value is -1.53.